The highest BCUT2D eigenvalue weighted by Crippen LogP contribution is 2.18. The molecule has 0 spiro atoms. The molecule has 0 saturated carbocycles. The molecule has 1 N–H and O–H groups in total. The molecule has 94 valence electrons. The van der Waals surface area contributed by atoms with E-state index < -0.39 is 0 Å². The second-order valence-electron chi connectivity index (χ2n) is 4.28. The number of hydrogen-bond acceptors (Lipinski definition) is 1. The molecule has 2 aromatic rings. The number of halogens is 2. The third kappa shape index (κ3) is 3.74. The lowest BCUT2D eigenvalue weighted by Crippen LogP contribution is -2.17. The van der Waals surface area contributed by atoms with Crippen LogP contribution in [0.25, 0.3) is 0 Å². The van der Waals surface area contributed by atoms with E-state index >= 15 is 0 Å². The smallest absolute Gasteiger partial charge is 0.0409 e. The first-order valence-electron chi connectivity index (χ1n) is 5.88. The molecule has 3 heteroatoms. The second-order valence-corrected chi connectivity index (χ2v) is 5.16. The topological polar surface area (TPSA) is 12.0 Å². The molecule has 0 amide bonds. The summed E-state index contributed by atoms with van der Waals surface area (Å²) in [5.41, 5.74) is 2.41. The first-order valence-corrected chi connectivity index (χ1v) is 6.64. The van der Waals surface area contributed by atoms with Crippen LogP contribution in [0.2, 0.25) is 10.0 Å². The van der Waals surface area contributed by atoms with Crippen molar-refractivity contribution >= 4 is 23.2 Å². The number of hydrogen-bond donors (Lipinski definition) is 1. The fraction of sp³-hybridized carbons (Fsp3) is 0.200. The van der Waals surface area contributed by atoms with Gasteiger partial charge in [-0.05, 0) is 42.3 Å². The number of nitrogens with one attached hydrogen (secondary N) is 1. The highest BCUT2D eigenvalue weighted by molar-refractivity contribution is 6.30. The molecule has 1 atom stereocenters. The Bertz CT molecular complexity index is 508. The van der Waals surface area contributed by atoms with Crippen LogP contribution in [-0.4, -0.2) is 0 Å². The Hall–Kier alpha value is -1.02. The molecule has 0 bridgehead atoms. The molecule has 0 radical (unpaired) electrons. The Balaban J connectivity index is 1.96. The van der Waals surface area contributed by atoms with E-state index in [0.29, 0.717) is 0 Å². The molecule has 0 aliphatic rings. The molecule has 0 aliphatic carbocycles. The van der Waals surface area contributed by atoms with Gasteiger partial charge in [0.25, 0.3) is 0 Å². The van der Waals surface area contributed by atoms with Crippen molar-refractivity contribution in [3.8, 4) is 0 Å². The van der Waals surface area contributed by atoms with Gasteiger partial charge in [0, 0.05) is 22.6 Å². The predicted molar refractivity (Wildman–Crippen MR) is 78.2 cm³/mol. The minimum Gasteiger partial charge on any atom is -0.306 e. The third-order valence-corrected chi connectivity index (χ3v) is 3.36. The van der Waals surface area contributed by atoms with Crippen molar-refractivity contribution in [2.45, 2.75) is 19.5 Å². The zero-order chi connectivity index (χ0) is 13.0. The molecule has 0 aliphatic heterocycles. The normalized spacial score (nSPS) is 12.4. The van der Waals surface area contributed by atoms with Crippen LogP contribution in [0.15, 0.2) is 48.5 Å². The summed E-state index contributed by atoms with van der Waals surface area (Å²) >= 11 is 11.8. The van der Waals surface area contributed by atoms with Gasteiger partial charge in [0.15, 0.2) is 0 Å². The molecule has 2 aromatic carbocycles. The van der Waals surface area contributed by atoms with Crippen molar-refractivity contribution in [3.63, 3.8) is 0 Å². The Labute approximate surface area is 118 Å². The van der Waals surface area contributed by atoms with Crippen LogP contribution < -0.4 is 5.32 Å². The van der Waals surface area contributed by atoms with Gasteiger partial charge < -0.3 is 5.32 Å². The summed E-state index contributed by atoms with van der Waals surface area (Å²) in [6, 6.07) is 16.0. The van der Waals surface area contributed by atoms with Gasteiger partial charge in [-0.15, -0.1) is 0 Å². The predicted octanol–water partition coefficient (Wildman–Crippen LogP) is 4.84. The van der Waals surface area contributed by atoms with Crippen LogP contribution in [0.5, 0.6) is 0 Å². The van der Waals surface area contributed by atoms with Crippen molar-refractivity contribution < 1.29 is 0 Å². The van der Waals surface area contributed by atoms with Gasteiger partial charge in [-0.2, -0.15) is 0 Å². The standard InChI is InChI=1S/C15H15Cl2N/c1-11(13-3-2-4-15(17)9-13)18-10-12-5-7-14(16)8-6-12/h2-9,11,18H,10H2,1H3/t11-/m1/s1. The maximum Gasteiger partial charge on any atom is 0.0409 e. The molecule has 2 rings (SSSR count). The molecule has 0 fully saturated rings. The van der Waals surface area contributed by atoms with Crippen LogP contribution in [0.1, 0.15) is 24.1 Å². The Morgan fingerprint density at radius 3 is 2.39 bits per heavy atom. The van der Waals surface area contributed by atoms with Gasteiger partial charge in [-0.3, -0.25) is 0 Å². The number of rotatable bonds is 4. The van der Waals surface area contributed by atoms with Gasteiger partial charge in [0.2, 0.25) is 0 Å². The van der Waals surface area contributed by atoms with Gasteiger partial charge in [0.05, 0.1) is 0 Å². The van der Waals surface area contributed by atoms with Crippen molar-refractivity contribution in [2.24, 2.45) is 0 Å². The summed E-state index contributed by atoms with van der Waals surface area (Å²) in [6.45, 7) is 2.94. The maximum absolute atomic E-state index is 5.98. The van der Waals surface area contributed by atoms with E-state index in [9.17, 15) is 0 Å². The summed E-state index contributed by atoms with van der Waals surface area (Å²) < 4.78 is 0. The van der Waals surface area contributed by atoms with E-state index in [4.69, 9.17) is 23.2 Å². The highest BCUT2D eigenvalue weighted by atomic mass is 35.5. The summed E-state index contributed by atoms with van der Waals surface area (Å²) in [5, 5.41) is 5.00. The summed E-state index contributed by atoms with van der Waals surface area (Å²) in [6.07, 6.45) is 0. The van der Waals surface area contributed by atoms with Gasteiger partial charge in [0.1, 0.15) is 0 Å². The Morgan fingerprint density at radius 1 is 1.00 bits per heavy atom. The quantitative estimate of drug-likeness (QED) is 0.844. The lowest BCUT2D eigenvalue weighted by molar-refractivity contribution is 0.575. The largest absolute Gasteiger partial charge is 0.306 e. The number of benzene rings is 2. The minimum atomic E-state index is 0.263. The summed E-state index contributed by atoms with van der Waals surface area (Å²) in [4.78, 5) is 0. The maximum atomic E-state index is 5.98. The van der Waals surface area contributed by atoms with Crippen LogP contribution in [0.3, 0.4) is 0 Å². The van der Waals surface area contributed by atoms with Crippen molar-refractivity contribution in [2.75, 3.05) is 0 Å². The highest BCUT2D eigenvalue weighted by Gasteiger charge is 2.05. The molecule has 1 nitrogen and oxygen atoms in total. The van der Waals surface area contributed by atoms with Crippen LogP contribution in [-0.2, 0) is 6.54 Å². The minimum absolute atomic E-state index is 0.263. The van der Waals surface area contributed by atoms with Crippen molar-refractivity contribution in [1.82, 2.24) is 5.32 Å². The second kappa shape index (κ2) is 6.24. The molecule has 0 saturated heterocycles. The first kappa shape index (κ1) is 13.4. The van der Waals surface area contributed by atoms with E-state index in [1.165, 1.54) is 11.1 Å². The molecular formula is C15H15Cl2N. The van der Waals surface area contributed by atoms with Gasteiger partial charge in [-0.25, -0.2) is 0 Å². The van der Waals surface area contributed by atoms with Crippen molar-refractivity contribution in [3.05, 3.63) is 69.7 Å². The Kier molecular flexibility index (Phi) is 4.65. The molecular weight excluding hydrogens is 265 g/mol. The molecule has 0 unspecified atom stereocenters. The zero-order valence-electron chi connectivity index (χ0n) is 10.2. The van der Waals surface area contributed by atoms with Crippen LogP contribution >= 0.6 is 23.2 Å². The summed E-state index contributed by atoms with van der Waals surface area (Å²) in [7, 11) is 0. The lowest BCUT2D eigenvalue weighted by atomic mass is 10.1. The van der Waals surface area contributed by atoms with Gasteiger partial charge in [-0.1, -0.05) is 47.5 Å². The fourth-order valence-corrected chi connectivity index (χ4v) is 2.09. The van der Waals surface area contributed by atoms with E-state index in [-0.39, 0.29) is 6.04 Å². The molecule has 18 heavy (non-hydrogen) atoms. The SMILES string of the molecule is C[C@@H](NCc1ccc(Cl)cc1)c1cccc(Cl)c1. The average molecular weight is 280 g/mol. The first-order chi connectivity index (χ1) is 8.65. The molecule has 0 heterocycles. The Morgan fingerprint density at radius 2 is 1.72 bits per heavy atom. The van der Waals surface area contributed by atoms with Crippen LogP contribution in [0, 0.1) is 0 Å². The van der Waals surface area contributed by atoms with E-state index in [1.807, 2.05) is 42.5 Å². The van der Waals surface area contributed by atoms with E-state index in [1.54, 1.807) is 0 Å². The van der Waals surface area contributed by atoms with Gasteiger partial charge >= 0.3 is 0 Å². The monoisotopic (exact) mass is 279 g/mol. The van der Waals surface area contributed by atoms with E-state index in [0.717, 1.165) is 16.6 Å². The molecule has 0 aromatic heterocycles. The zero-order valence-corrected chi connectivity index (χ0v) is 11.7. The summed E-state index contributed by atoms with van der Waals surface area (Å²) in [5.74, 6) is 0. The third-order valence-electron chi connectivity index (χ3n) is 2.87. The van der Waals surface area contributed by atoms with Crippen LogP contribution in [0.4, 0.5) is 0 Å². The van der Waals surface area contributed by atoms with E-state index in [2.05, 4.69) is 18.3 Å². The fourth-order valence-electron chi connectivity index (χ4n) is 1.77. The lowest BCUT2D eigenvalue weighted by Gasteiger charge is -2.14. The average Bonchev–Trinajstić information content (AvgIpc) is 2.38. The van der Waals surface area contributed by atoms with Crippen molar-refractivity contribution in [1.29, 1.82) is 0 Å².